The maximum atomic E-state index is 13.0. The van der Waals surface area contributed by atoms with Crippen molar-refractivity contribution in [3.8, 4) is 11.4 Å². The van der Waals surface area contributed by atoms with Gasteiger partial charge in [-0.2, -0.15) is 5.10 Å². The number of nitrogens with one attached hydrogen (secondary N) is 1. The zero-order chi connectivity index (χ0) is 21.1. The second-order valence-electron chi connectivity index (χ2n) is 7.13. The van der Waals surface area contributed by atoms with Crippen LogP contribution in [0, 0.1) is 5.82 Å². The minimum Gasteiger partial charge on any atom is -0.319 e. The van der Waals surface area contributed by atoms with E-state index in [1.807, 2.05) is 19.9 Å². The largest absolute Gasteiger partial charge is 0.319 e. The number of carbonyl (C=O) groups is 1. The van der Waals surface area contributed by atoms with E-state index in [1.54, 1.807) is 52.1 Å². The third kappa shape index (κ3) is 4.24. The average Bonchev–Trinajstić information content (AvgIpc) is 3.39. The standard InChI is InChI=1S/C21H20FN7O/c1-14(2)29-20(25-26-27-29)16-4-3-5-17(10-16)21(30)24-19-11-23-28(13-19)12-15-6-8-18(22)9-7-15/h3-11,13-14H,12H2,1-2H3,(H,24,30). The van der Waals surface area contributed by atoms with Crippen LogP contribution in [0.25, 0.3) is 11.4 Å². The van der Waals surface area contributed by atoms with E-state index in [9.17, 15) is 9.18 Å². The highest BCUT2D eigenvalue weighted by Gasteiger charge is 2.14. The first kappa shape index (κ1) is 19.4. The van der Waals surface area contributed by atoms with Gasteiger partial charge in [-0.25, -0.2) is 9.07 Å². The van der Waals surface area contributed by atoms with Crippen LogP contribution in [0.4, 0.5) is 10.1 Å². The highest BCUT2D eigenvalue weighted by molar-refractivity contribution is 6.04. The average molecular weight is 405 g/mol. The van der Waals surface area contributed by atoms with Gasteiger partial charge in [0, 0.05) is 17.3 Å². The molecule has 30 heavy (non-hydrogen) atoms. The smallest absolute Gasteiger partial charge is 0.255 e. The lowest BCUT2D eigenvalue weighted by molar-refractivity contribution is 0.102. The first-order chi connectivity index (χ1) is 14.5. The van der Waals surface area contributed by atoms with Crippen molar-refractivity contribution in [2.24, 2.45) is 0 Å². The van der Waals surface area contributed by atoms with Gasteiger partial charge >= 0.3 is 0 Å². The van der Waals surface area contributed by atoms with Crippen LogP contribution < -0.4 is 5.32 Å². The van der Waals surface area contributed by atoms with E-state index in [-0.39, 0.29) is 17.8 Å². The molecule has 8 nitrogen and oxygen atoms in total. The maximum absolute atomic E-state index is 13.0. The molecule has 2 aromatic carbocycles. The predicted octanol–water partition coefficient (Wildman–Crippen LogP) is 3.56. The summed E-state index contributed by atoms with van der Waals surface area (Å²) in [5, 5.41) is 18.9. The number of amides is 1. The zero-order valence-corrected chi connectivity index (χ0v) is 16.5. The molecule has 2 heterocycles. The van der Waals surface area contributed by atoms with Gasteiger partial charge in [-0.05, 0) is 54.1 Å². The quantitative estimate of drug-likeness (QED) is 0.530. The normalized spacial score (nSPS) is 11.1. The molecule has 0 radical (unpaired) electrons. The third-order valence-electron chi connectivity index (χ3n) is 4.51. The van der Waals surface area contributed by atoms with E-state index in [0.29, 0.717) is 23.6 Å². The summed E-state index contributed by atoms with van der Waals surface area (Å²) in [6.45, 7) is 4.45. The van der Waals surface area contributed by atoms with Crippen LogP contribution in [-0.2, 0) is 6.54 Å². The van der Waals surface area contributed by atoms with Crippen molar-refractivity contribution < 1.29 is 9.18 Å². The Bertz CT molecular complexity index is 1160. The molecule has 0 spiro atoms. The minimum atomic E-state index is -0.281. The highest BCUT2D eigenvalue weighted by atomic mass is 19.1. The van der Waals surface area contributed by atoms with Crippen LogP contribution in [0.3, 0.4) is 0 Å². The molecule has 152 valence electrons. The number of nitrogens with zero attached hydrogens (tertiary/aromatic N) is 6. The fourth-order valence-electron chi connectivity index (χ4n) is 3.03. The van der Waals surface area contributed by atoms with Crippen molar-refractivity contribution in [2.45, 2.75) is 26.4 Å². The summed E-state index contributed by atoms with van der Waals surface area (Å²) in [7, 11) is 0. The Morgan fingerprint density at radius 1 is 1.17 bits per heavy atom. The van der Waals surface area contributed by atoms with Crippen molar-refractivity contribution >= 4 is 11.6 Å². The third-order valence-corrected chi connectivity index (χ3v) is 4.51. The Morgan fingerprint density at radius 3 is 2.73 bits per heavy atom. The summed E-state index contributed by atoms with van der Waals surface area (Å²) in [6.07, 6.45) is 3.30. The molecule has 0 atom stereocenters. The fourth-order valence-corrected chi connectivity index (χ4v) is 3.03. The monoisotopic (exact) mass is 405 g/mol. The summed E-state index contributed by atoms with van der Waals surface area (Å²) in [5.41, 5.74) is 2.72. The van der Waals surface area contributed by atoms with Crippen molar-refractivity contribution in [2.75, 3.05) is 5.32 Å². The molecule has 1 N–H and O–H groups in total. The molecule has 0 aliphatic rings. The number of aromatic nitrogens is 6. The predicted molar refractivity (Wildman–Crippen MR) is 109 cm³/mol. The Labute approximate surface area is 172 Å². The SMILES string of the molecule is CC(C)n1nnnc1-c1cccc(C(=O)Nc2cnn(Cc3ccc(F)cc3)c2)c1. The molecule has 0 saturated heterocycles. The summed E-state index contributed by atoms with van der Waals surface area (Å²) >= 11 is 0. The van der Waals surface area contributed by atoms with Crippen LogP contribution in [0.1, 0.15) is 35.8 Å². The number of tetrazole rings is 1. The molecule has 1 amide bonds. The van der Waals surface area contributed by atoms with Crippen LogP contribution in [0.2, 0.25) is 0 Å². The molecule has 0 aliphatic heterocycles. The number of rotatable bonds is 6. The van der Waals surface area contributed by atoms with Crippen LogP contribution >= 0.6 is 0 Å². The van der Waals surface area contributed by atoms with E-state index in [2.05, 4.69) is 25.9 Å². The second kappa shape index (κ2) is 8.24. The summed E-state index contributed by atoms with van der Waals surface area (Å²) < 4.78 is 16.4. The Hall–Kier alpha value is -3.88. The van der Waals surface area contributed by atoms with Crippen molar-refractivity contribution in [1.82, 2.24) is 30.0 Å². The van der Waals surface area contributed by atoms with Gasteiger partial charge in [0.1, 0.15) is 5.82 Å². The van der Waals surface area contributed by atoms with Gasteiger partial charge in [-0.3, -0.25) is 9.48 Å². The zero-order valence-electron chi connectivity index (χ0n) is 16.5. The van der Waals surface area contributed by atoms with E-state index in [0.717, 1.165) is 11.1 Å². The van der Waals surface area contributed by atoms with Gasteiger partial charge in [0.15, 0.2) is 5.82 Å². The van der Waals surface area contributed by atoms with Crippen LogP contribution in [0.15, 0.2) is 60.9 Å². The Morgan fingerprint density at radius 2 is 1.97 bits per heavy atom. The molecule has 4 rings (SSSR count). The number of hydrogen-bond acceptors (Lipinski definition) is 5. The van der Waals surface area contributed by atoms with Crippen molar-refractivity contribution in [1.29, 1.82) is 0 Å². The maximum Gasteiger partial charge on any atom is 0.255 e. The first-order valence-electron chi connectivity index (χ1n) is 9.46. The summed E-state index contributed by atoms with van der Waals surface area (Å²) in [6, 6.07) is 13.4. The Kier molecular flexibility index (Phi) is 5.34. The molecule has 0 unspecified atom stereocenters. The lowest BCUT2D eigenvalue weighted by Crippen LogP contribution is -2.12. The van der Waals surface area contributed by atoms with Crippen molar-refractivity contribution in [3.63, 3.8) is 0 Å². The van der Waals surface area contributed by atoms with Gasteiger partial charge < -0.3 is 5.32 Å². The number of benzene rings is 2. The van der Waals surface area contributed by atoms with E-state index >= 15 is 0 Å². The van der Waals surface area contributed by atoms with Crippen LogP contribution in [-0.4, -0.2) is 35.9 Å². The van der Waals surface area contributed by atoms with Gasteiger partial charge in [0.2, 0.25) is 0 Å². The van der Waals surface area contributed by atoms with Gasteiger partial charge in [-0.1, -0.05) is 24.3 Å². The molecular formula is C21H20FN7O. The molecule has 0 saturated carbocycles. The molecule has 0 fully saturated rings. The molecule has 0 bridgehead atoms. The topological polar surface area (TPSA) is 90.5 Å². The number of carbonyl (C=O) groups excluding carboxylic acids is 1. The molecule has 2 aromatic heterocycles. The molecule has 9 heteroatoms. The van der Waals surface area contributed by atoms with E-state index in [4.69, 9.17) is 0 Å². The molecule has 4 aromatic rings. The first-order valence-corrected chi connectivity index (χ1v) is 9.46. The van der Waals surface area contributed by atoms with E-state index in [1.165, 1.54) is 12.1 Å². The minimum absolute atomic E-state index is 0.0967. The van der Waals surface area contributed by atoms with Gasteiger partial charge in [0.25, 0.3) is 5.91 Å². The van der Waals surface area contributed by atoms with Crippen molar-refractivity contribution in [3.05, 3.63) is 77.9 Å². The fraction of sp³-hybridized carbons (Fsp3) is 0.190. The van der Waals surface area contributed by atoms with Crippen LogP contribution in [0.5, 0.6) is 0 Å². The lowest BCUT2D eigenvalue weighted by atomic mass is 10.1. The number of anilines is 1. The lowest BCUT2D eigenvalue weighted by Gasteiger charge is -2.09. The highest BCUT2D eigenvalue weighted by Crippen LogP contribution is 2.21. The molecule has 0 aliphatic carbocycles. The van der Waals surface area contributed by atoms with Gasteiger partial charge in [0.05, 0.1) is 24.5 Å². The van der Waals surface area contributed by atoms with E-state index < -0.39 is 0 Å². The number of halogens is 1. The Balaban J connectivity index is 1.47. The van der Waals surface area contributed by atoms with Gasteiger partial charge in [-0.15, -0.1) is 5.10 Å². The summed E-state index contributed by atoms with van der Waals surface area (Å²) in [4.78, 5) is 12.7. The second-order valence-corrected chi connectivity index (χ2v) is 7.13. The molecular weight excluding hydrogens is 385 g/mol. The number of hydrogen-bond donors (Lipinski definition) is 1. The summed E-state index contributed by atoms with van der Waals surface area (Å²) in [5.74, 6) is 0.0605.